The zero-order valence-corrected chi connectivity index (χ0v) is 16.5. The number of hydrogen-bond acceptors (Lipinski definition) is 4. The number of carbonyl (C=O) groups excluding carboxylic acids is 1. The van der Waals surface area contributed by atoms with Crippen molar-refractivity contribution in [3.63, 3.8) is 0 Å². The lowest BCUT2D eigenvalue weighted by atomic mass is 9.85. The van der Waals surface area contributed by atoms with Crippen LogP contribution >= 0.6 is 23.2 Å². The average molecular weight is 409 g/mol. The van der Waals surface area contributed by atoms with Gasteiger partial charge in [-0.15, -0.1) is 0 Å². The number of rotatable bonds is 4. The van der Waals surface area contributed by atoms with Gasteiger partial charge in [0.05, 0.1) is 22.3 Å². The highest BCUT2D eigenvalue weighted by atomic mass is 35.5. The van der Waals surface area contributed by atoms with E-state index in [4.69, 9.17) is 23.2 Å². The van der Waals surface area contributed by atoms with Gasteiger partial charge in [-0.3, -0.25) is 9.69 Å². The molecule has 8 heteroatoms. The normalized spacial score (nSPS) is 27.7. The Kier molecular flexibility index (Phi) is 4.93. The number of amides is 1. The average Bonchev–Trinajstić information content (AvgIpc) is 3.15. The van der Waals surface area contributed by atoms with Gasteiger partial charge in [0.1, 0.15) is 11.4 Å². The first-order valence-corrected chi connectivity index (χ1v) is 9.83. The lowest BCUT2D eigenvalue weighted by Crippen LogP contribution is -2.52. The summed E-state index contributed by atoms with van der Waals surface area (Å²) in [4.78, 5) is 19.1. The monoisotopic (exact) mass is 408 g/mol. The fraction of sp³-hybridized carbons (Fsp3) is 0.474. The smallest absolute Gasteiger partial charge is 0.238 e. The molecule has 6 nitrogen and oxygen atoms in total. The lowest BCUT2D eigenvalue weighted by Gasteiger charge is -2.43. The summed E-state index contributed by atoms with van der Waals surface area (Å²) in [6, 6.07) is 5.48. The number of halogens is 2. The maximum absolute atomic E-state index is 12.6. The fourth-order valence-electron chi connectivity index (χ4n) is 4.53. The third kappa shape index (κ3) is 3.47. The van der Waals surface area contributed by atoms with Crippen molar-refractivity contribution >= 4 is 34.8 Å². The first-order valence-electron chi connectivity index (χ1n) is 9.07. The molecule has 144 valence electrons. The molecule has 2 fully saturated rings. The summed E-state index contributed by atoms with van der Waals surface area (Å²) in [5.74, 6) is 0.577. The van der Waals surface area contributed by atoms with Crippen molar-refractivity contribution in [1.29, 1.82) is 0 Å². The van der Waals surface area contributed by atoms with E-state index in [1.807, 2.05) is 17.8 Å². The van der Waals surface area contributed by atoms with Crippen LogP contribution in [-0.4, -0.2) is 44.1 Å². The maximum Gasteiger partial charge on any atom is 0.238 e. The van der Waals surface area contributed by atoms with E-state index in [9.17, 15) is 9.90 Å². The number of hydrogen-bond donors (Lipinski definition) is 2. The number of piperidine rings is 1. The molecule has 2 saturated heterocycles. The van der Waals surface area contributed by atoms with Crippen LogP contribution in [-0.2, 0) is 17.4 Å². The SMILES string of the molecule is Cn1ccnc1C1(O)C[C@@H]2CC[C@@H](C1)N2CC(=O)Nc1cccc(Cl)c1Cl. The molecule has 2 atom stereocenters. The lowest BCUT2D eigenvalue weighted by molar-refractivity contribution is -0.121. The number of imidazole rings is 1. The van der Waals surface area contributed by atoms with E-state index in [1.54, 1.807) is 24.4 Å². The van der Waals surface area contributed by atoms with Gasteiger partial charge in [-0.05, 0) is 37.8 Å². The van der Waals surface area contributed by atoms with Crippen molar-refractivity contribution in [1.82, 2.24) is 14.5 Å². The first kappa shape index (κ1) is 18.7. The Hall–Kier alpha value is -1.60. The summed E-state index contributed by atoms with van der Waals surface area (Å²) < 4.78 is 1.88. The van der Waals surface area contributed by atoms with Gasteiger partial charge < -0.3 is 15.0 Å². The van der Waals surface area contributed by atoms with Crippen molar-refractivity contribution in [2.24, 2.45) is 7.05 Å². The number of nitrogens with zero attached hydrogens (tertiary/aromatic N) is 3. The van der Waals surface area contributed by atoms with Crippen LogP contribution in [0.3, 0.4) is 0 Å². The molecular weight excluding hydrogens is 387 g/mol. The highest BCUT2D eigenvalue weighted by Gasteiger charge is 2.50. The van der Waals surface area contributed by atoms with Crippen LogP contribution in [0.25, 0.3) is 0 Å². The molecule has 4 rings (SSSR count). The quantitative estimate of drug-likeness (QED) is 0.814. The van der Waals surface area contributed by atoms with Gasteiger partial charge >= 0.3 is 0 Å². The van der Waals surface area contributed by atoms with Gasteiger partial charge in [-0.1, -0.05) is 29.3 Å². The molecule has 0 aliphatic carbocycles. The molecule has 0 radical (unpaired) electrons. The molecule has 2 aliphatic heterocycles. The van der Waals surface area contributed by atoms with Crippen molar-refractivity contribution in [2.75, 3.05) is 11.9 Å². The molecule has 1 amide bonds. The Bertz CT molecular complexity index is 855. The number of benzene rings is 1. The van der Waals surface area contributed by atoms with E-state index >= 15 is 0 Å². The number of anilines is 1. The van der Waals surface area contributed by atoms with Crippen LogP contribution < -0.4 is 5.32 Å². The molecule has 27 heavy (non-hydrogen) atoms. The Morgan fingerprint density at radius 3 is 2.67 bits per heavy atom. The molecule has 0 unspecified atom stereocenters. The summed E-state index contributed by atoms with van der Waals surface area (Å²) in [6.07, 6.45) is 6.68. The van der Waals surface area contributed by atoms with E-state index in [1.165, 1.54) is 0 Å². The van der Waals surface area contributed by atoms with E-state index in [0.717, 1.165) is 12.8 Å². The number of carbonyl (C=O) groups is 1. The molecule has 1 aromatic heterocycles. The van der Waals surface area contributed by atoms with E-state index in [-0.39, 0.29) is 24.5 Å². The molecule has 1 aromatic carbocycles. The van der Waals surface area contributed by atoms with E-state index in [2.05, 4.69) is 15.2 Å². The third-order valence-corrected chi connectivity index (χ3v) is 6.53. The van der Waals surface area contributed by atoms with Gasteiger partial charge in [0.2, 0.25) is 5.91 Å². The molecular formula is C19H22Cl2N4O2. The van der Waals surface area contributed by atoms with Crippen molar-refractivity contribution < 1.29 is 9.90 Å². The predicted octanol–water partition coefficient (Wildman–Crippen LogP) is 3.18. The Balaban J connectivity index is 1.45. The Labute approximate surface area is 168 Å². The zero-order chi connectivity index (χ0) is 19.2. The summed E-state index contributed by atoms with van der Waals surface area (Å²) >= 11 is 12.2. The van der Waals surface area contributed by atoms with Crippen molar-refractivity contribution in [3.05, 3.63) is 46.5 Å². The summed E-state index contributed by atoms with van der Waals surface area (Å²) in [7, 11) is 1.90. The van der Waals surface area contributed by atoms with Gasteiger partial charge in [0.15, 0.2) is 0 Å². The van der Waals surface area contributed by atoms with Gasteiger partial charge in [-0.2, -0.15) is 0 Å². The highest BCUT2D eigenvalue weighted by Crippen LogP contribution is 2.45. The summed E-state index contributed by atoms with van der Waals surface area (Å²) in [5, 5.41) is 14.8. The molecule has 2 bridgehead atoms. The van der Waals surface area contributed by atoms with Crippen LogP contribution in [0, 0.1) is 0 Å². The Morgan fingerprint density at radius 2 is 2.04 bits per heavy atom. The van der Waals surface area contributed by atoms with Gasteiger partial charge in [0, 0.05) is 31.5 Å². The molecule has 0 saturated carbocycles. The Morgan fingerprint density at radius 1 is 1.33 bits per heavy atom. The number of aryl methyl sites for hydroxylation is 1. The second kappa shape index (κ2) is 7.09. The molecule has 2 aliphatic rings. The molecule has 0 spiro atoms. The standard InChI is InChI=1S/C19H22Cl2N4O2/c1-24-8-7-22-18(24)19(27)9-12-5-6-13(10-19)25(12)11-16(26)23-15-4-2-3-14(20)17(15)21/h2-4,7-8,12-13,27H,5-6,9-11H2,1H3,(H,23,26)/t12-,13-/m0/s1. The van der Waals surface area contributed by atoms with Gasteiger partial charge in [0.25, 0.3) is 0 Å². The van der Waals surface area contributed by atoms with Crippen LogP contribution in [0.4, 0.5) is 5.69 Å². The largest absolute Gasteiger partial charge is 0.382 e. The van der Waals surface area contributed by atoms with Crippen LogP contribution in [0.15, 0.2) is 30.6 Å². The zero-order valence-electron chi connectivity index (χ0n) is 15.0. The molecule has 2 aromatic rings. The second-order valence-corrected chi connectivity index (χ2v) is 8.29. The van der Waals surface area contributed by atoms with Crippen LogP contribution in [0.5, 0.6) is 0 Å². The molecule has 2 N–H and O–H groups in total. The van der Waals surface area contributed by atoms with Crippen LogP contribution in [0.2, 0.25) is 10.0 Å². The third-order valence-electron chi connectivity index (χ3n) is 5.71. The minimum absolute atomic E-state index is 0.126. The number of aliphatic hydroxyl groups is 1. The predicted molar refractivity (Wildman–Crippen MR) is 105 cm³/mol. The fourth-order valence-corrected chi connectivity index (χ4v) is 4.87. The minimum Gasteiger partial charge on any atom is -0.382 e. The van der Waals surface area contributed by atoms with Crippen molar-refractivity contribution in [2.45, 2.75) is 43.4 Å². The first-order chi connectivity index (χ1) is 12.9. The minimum atomic E-state index is -0.937. The van der Waals surface area contributed by atoms with E-state index in [0.29, 0.717) is 34.4 Å². The van der Waals surface area contributed by atoms with E-state index < -0.39 is 5.60 Å². The van der Waals surface area contributed by atoms with Crippen LogP contribution in [0.1, 0.15) is 31.5 Å². The highest BCUT2D eigenvalue weighted by molar-refractivity contribution is 6.44. The van der Waals surface area contributed by atoms with Crippen molar-refractivity contribution in [3.8, 4) is 0 Å². The molecule has 3 heterocycles. The number of aromatic nitrogens is 2. The number of fused-ring (bicyclic) bond motifs is 2. The maximum atomic E-state index is 12.6. The number of nitrogens with one attached hydrogen (secondary N) is 1. The second-order valence-electron chi connectivity index (χ2n) is 7.51. The summed E-state index contributed by atoms with van der Waals surface area (Å²) in [6.45, 7) is 0.273. The summed E-state index contributed by atoms with van der Waals surface area (Å²) in [5.41, 5.74) is -0.420. The topological polar surface area (TPSA) is 70.4 Å². The van der Waals surface area contributed by atoms with Gasteiger partial charge in [-0.25, -0.2) is 4.98 Å².